The van der Waals surface area contributed by atoms with Gasteiger partial charge >= 0.3 is 0 Å². The summed E-state index contributed by atoms with van der Waals surface area (Å²) in [7, 11) is 0. The van der Waals surface area contributed by atoms with Crippen molar-refractivity contribution >= 4 is 21.8 Å². The lowest BCUT2D eigenvalue weighted by atomic mass is 9.93. The van der Waals surface area contributed by atoms with Gasteiger partial charge in [-0.1, -0.05) is 15.9 Å². The Bertz CT molecular complexity index is 248. The van der Waals surface area contributed by atoms with Gasteiger partial charge in [-0.05, 0) is 45.4 Å². The number of piperidine rings is 1. The molecular formula is C11H18BrNO. The standard InChI is InChI=1S/C11H18BrNO/c1-11(2,8-5-6-8)13-7-3-4-9(12)10(13)14/h8-9H,3-7H2,1-2H3. The van der Waals surface area contributed by atoms with Crippen LogP contribution < -0.4 is 0 Å². The third-order valence-electron chi connectivity index (χ3n) is 3.65. The number of likely N-dealkylation sites (tertiary alicyclic amines) is 1. The molecule has 0 aromatic rings. The maximum Gasteiger partial charge on any atom is 0.236 e. The molecule has 2 rings (SSSR count). The van der Waals surface area contributed by atoms with E-state index in [2.05, 4.69) is 34.7 Å². The van der Waals surface area contributed by atoms with Gasteiger partial charge in [0.15, 0.2) is 0 Å². The second-order valence-corrected chi connectivity index (χ2v) is 6.13. The lowest BCUT2D eigenvalue weighted by Crippen LogP contribution is -2.54. The van der Waals surface area contributed by atoms with Crippen LogP contribution in [0.4, 0.5) is 0 Å². The molecular weight excluding hydrogens is 242 g/mol. The average Bonchev–Trinajstić information content (AvgIpc) is 2.92. The summed E-state index contributed by atoms with van der Waals surface area (Å²) >= 11 is 3.46. The molecule has 1 amide bonds. The zero-order chi connectivity index (χ0) is 10.3. The van der Waals surface area contributed by atoms with Gasteiger partial charge in [-0.2, -0.15) is 0 Å². The largest absolute Gasteiger partial charge is 0.336 e. The zero-order valence-corrected chi connectivity index (χ0v) is 10.5. The fraction of sp³-hybridized carbons (Fsp3) is 0.909. The van der Waals surface area contributed by atoms with Crippen molar-refractivity contribution < 1.29 is 4.79 Å². The van der Waals surface area contributed by atoms with Gasteiger partial charge in [0.25, 0.3) is 0 Å². The monoisotopic (exact) mass is 259 g/mol. The third-order valence-corrected chi connectivity index (χ3v) is 4.49. The van der Waals surface area contributed by atoms with E-state index in [0.29, 0.717) is 5.91 Å². The SMILES string of the molecule is CC(C)(C1CC1)N1CCCC(Br)C1=O. The van der Waals surface area contributed by atoms with E-state index in [-0.39, 0.29) is 10.4 Å². The molecule has 1 unspecified atom stereocenters. The molecule has 2 aliphatic rings. The van der Waals surface area contributed by atoms with E-state index in [1.807, 2.05) is 0 Å². The molecule has 14 heavy (non-hydrogen) atoms. The molecule has 2 nitrogen and oxygen atoms in total. The van der Waals surface area contributed by atoms with Gasteiger partial charge in [0.2, 0.25) is 5.91 Å². The summed E-state index contributed by atoms with van der Waals surface area (Å²) in [5.41, 5.74) is 0.0868. The van der Waals surface area contributed by atoms with Crippen molar-refractivity contribution in [3.63, 3.8) is 0 Å². The Kier molecular flexibility index (Phi) is 2.63. The molecule has 0 aromatic carbocycles. The molecule has 1 saturated heterocycles. The van der Waals surface area contributed by atoms with Crippen LogP contribution in [0.25, 0.3) is 0 Å². The highest BCUT2D eigenvalue weighted by Gasteiger charge is 2.45. The van der Waals surface area contributed by atoms with Crippen molar-refractivity contribution in [1.82, 2.24) is 4.90 Å². The van der Waals surface area contributed by atoms with Gasteiger partial charge in [-0.3, -0.25) is 4.79 Å². The van der Waals surface area contributed by atoms with E-state index in [1.54, 1.807) is 0 Å². The zero-order valence-electron chi connectivity index (χ0n) is 8.92. The number of hydrogen-bond donors (Lipinski definition) is 0. The summed E-state index contributed by atoms with van der Waals surface area (Å²) in [5.74, 6) is 1.04. The van der Waals surface area contributed by atoms with Crippen LogP contribution >= 0.6 is 15.9 Å². The van der Waals surface area contributed by atoms with E-state index >= 15 is 0 Å². The fourth-order valence-corrected chi connectivity index (χ4v) is 2.98. The lowest BCUT2D eigenvalue weighted by Gasteiger charge is -2.42. The maximum absolute atomic E-state index is 12.0. The Morgan fingerprint density at radius 1 is 1.36 bits per heavy atom. The summed E-state index contributed by atoms with van der Waals surface area (Å²) in [6.45, 7) is 5.38. The minimum absolute atomic E-state index is 0.0641. The van der Waals surface area contributed by atoms with Crippen LogP contribution in [0.2, 0.25) is 0 Å². The Balaban J connectivity index is 2.11. The van der Waals surface area contributed by atoms with Crippen LogP contribution in [0.1, 0.15) is 39.5 Å². The smallest absolute Gasteiger partial charge is 0.236 e. The number of alkyl halides is 1. The topological polar surface area (TPSA) is 20.3 Å². The van der Waals surface area contributed by atoms with Crippen molar-refractivity contribution in [2.45, 2.75) is 49.9 Å². The second-order valence-electron chi connectivity index (χ2n) is 5.03. The van der Waals surface area contributed by atoms with Crippen LogP contribution in [0.5, 0.6) is 0 Å². The minimum Gasteiger partial charge on any atom is -0.336 e. The average molecular weight is 260 g/mol. The summed E-state index contributed by atoms with van der Waals surface area (Å²) in [6, 6.07) is 0. The Labute approximate surface area is 94.2 Å². The molecule has 80 valence electrons. The van der Waals surface area contributed by atoms with Crippen molar-refractivity contribution in [2.75, 3.05) is 6.54 Å². The molecule has 3 heteroatoms. The van der Waals surface area contributed by atoms with Crippen LogP contribution in [-0.4, -0.2) is 27.7 Å². The number of hydrogen-bond acceptors (Lipinski definition) is 1. The van der Waals surface area contributed by atoms with E-state index < -0.39 is 0 Å². The number of nitrogens with zero attached hydrogens (tertiary/aromatic N) is 1. The maximum atomic E-state index is 12.0. The van der Waals surface area contributed by atoms with Gasteiger partial charge in [0.05, 0.1) is 4.83 Å². The van der Waals surface area contributed by atoms with E-state index in [9.17, 15) is 4.79 Å². The van der Waals surface area contributed by atoms with Crippen molar-refractivity contribution in [2.24, 2.45) is 5.92 Å². The molecule has 0 aromatic heterocycles. The van der Waals surface area contributed by atoms with Gasteiger partial charge in [-0.15, -0.1) is 0 Å². The fourth-order valence-electron chi connectivity index (χ4n) is 2.41. The third kappa shape index (κ3) is 1.71. The molecule has 0 bridgehead atoms. The molecule has 1 atom stereocenters. The minimum atomic E-state index is 0.0641. The summed E-state index contributed by atoms with van der Waals surface area (Å²) in [5, 5.41) is 0. The highest BCUT2D eigenvalue weighted by atomic mass is 79.9. The van der Waals surface area contributed by atoms with Crippen molar-refractivity contribution in [3.05, 3.63) is 0 Å². The first-order chi connectivity index (χ1) is 6.53. The van der Waals surface area contributed by atoms with Gasteiger partial charge in [0.1, 0.15) is 0 Å². The first kappa shape index (κ1) is 10.5. The number of halogens is 1. The van der Waals surface area contributed by atoms with Crippen molar-refractivity contribution in [1.29, 1.82) is 0 Å². The summed E-state index contributed by atoms with van der Waals surface area (Å²) < 4.78 is 0. The lowest BCUT2D eigenvalue weighted by molar-refractivity contribution is -0.139. The molecule has 1 saturated carbocycles. The predicted octanol–water partition coefficient (Wildman–Crippen LogP) is 2.56. The molecule has 1 heterocycles. The van der Waals surface area contributed by atoms with Crippen molar-refractivity contribution in [3.8, 4) is 0 Å². The first-order valence-electron chi connectivity index (χ1n) is 5.49. The summed E-state index contributed by atoms with van der Waals surface area (Å²) in [6.07, 6.45) is 4.72. The van der Waals surface area contributed by atoms with Crippen LogP contribution in [0.3, 0.4) is 0 Å². The molecule has 1 aliphatic heterocycles. The van der Waals surface area contributed by atoms with Gasteiger partial charge < -0.3 is 4.90 Å². The Hall–Kier alpha value is -0.0500. The molecule has 0 spiro atoms. The summed E-state index contributed by atoms with van der Waals surface area (Å²) in [4.78, 5) is 14.1. The van der Waals surface area contributed by atoms with E-state index in [1.165, 1.54) is 12.8 Å². The van der Waals surface area contributed by atoms with Gasteiger partial charge in [-0.25, -0.2) is 0 Å². The van der Waals surface area contributed by atoms with E-state index in [4.69, 9.17) is 0 Å². The highest BCUT2D eigenvalue weighted by Crippen LogP contribution is 2.44. The Morgan fingerprint density at radius 2 is 2.00 bits per heavy atom. The van der Waals surface area contributed by atoms with Crippen LogP contribution in [0.15, 0.2) is 0 Å². The van der Waals surface area contributed by atoms with E-state index in [0.717, 1.165) is 25.3 Å². The second kappa shape index (κ2) is 3.51. The molecule has 0 N–H and O–H groups in total. The number of carbonyl (C=O) groups is 1. The Morgan fingerprint density at radius 3 is 2.57 bits per heavy atom. The predicted molar refractivity (Wildman–Crippen MR) is 60.5 cm³/mol. The normalized spacial score (nSPS) is 29.5. The van der Waals surface area contributed by atoms with Crippen LogP contribution in [0, 0.1) is 5.92 Å². The number of carbonyl (C=O) groups excluding carboxylic acids is 1. The molecule has 2 fully saturated rings. The molecule has 0 radical (unpaired) electrons. The highest BCUT2D eigenvalue weighted by molar-refractivity contribution is 9.10. The number of amides is 1. The number of rotatable bonds is 2. The first-order valence-corrected chi connectivity index (χ1v) is 6.40. The molecule has 1 aliphatic carbocycles. The quantitative estimate of drug-likeness (QED) is 0.699. The van der Waals surface area contributed by atoms with Gasteiger partial charge in [0, 0.05) is 12.1 Å². The van der Waals surface area contributed by atoms with Crippen LogP contribution in [-0.2, 0) is 4.79 Å².